The molecule has 15 heterocycles. The van der Waals surface area contributed by atoms with Gasteiger partial charge in [0.15, 0.2) is 0 Å². The van der Waals surface area contributed by atoms with Crippen LogP contribution in [0, 0.1) is 57.2 Å². The fourth-order valence-corrected chi connectivity index (χ4v) is 19.3. The summed E-state index contributed by atoms with van der Waals surface area (Å²) in [5.41, 5.74) is 17.5. The van der Waals surface area contributed by atoms with Crippen molar-refractivity contribution in [3.63, 3.8) is 0 Å². The van der Waals surface area contributed by atoms with Crippen LogP contribution in [0.4, 0.5) is 34.6 Å². The molecule has 0 unspecified atom stereocenters. The number of nitrogens with zero attached hydrogens (tertiary/aromatic N) is 12. The van der Waals surface area contributed by atoms with Crippen LogP contribution in [0.3, 0.4) is 0 Å². The van der Waals surface area contributed by atoms with Gasteiger partial charge in [0.2, 0.25) is 46.5 Å². The molecule has 20 nitrogen and oxygen atoms in total. The van der Waals surface area contributed by atoms with Crippen molar-refractivity contribution in [1.29, 1.82) is 0 Å². The average molecular weight is 2430 g/mol. The third-order valence-corrected chi connectivity index (χ3v) is 25.6. The number of thiophene rings is 1. The molecule has 0 aliphatic carbocycles. The predicted molar refractivity (Wildman–Crippen MR) is 555 cm³/mol. The summed E-state index contributed by atoms with van der Waals surface area (Å²) in [6.07, 6.45) is 0. The number of pyridine rings is 9. The van der Waals surface area contributed by atoms with Crippen LogP contribution < -0.4 is 28.7 Å². The van der Waals surface area contributed by atoms with E-state index in [1.165, 1.54) is 20.2 Å². The summed E-state index contributed by atoms with van der Waals surface area (Å²) >= 11 is 1.77. The third kappa shape index (κ3) is 17.6. The summed E-state index contributed by atoms with van der Waals surface area (Å²) in [6, 6.07) is 145. The van der Waals surface area contributed by atoms with Crippen LogP contribution in [0.2, 0.25) is 0 Å². The smallest absolute Gasteiger partial charge is 0.501 e. The Bertz CT molecular complexity index is 9170. The van der Waals surface area contributed by atoms with Gasteiger partial charge in [-0.3, -0.25) is 24.8 Å². The van der Waals surface area contributed by atoms with Crippen LogP contribution in [0.15, 0.2) is 400 Å². The normalized spacial score (nSPS) is 11.3. The molecule has 27 aromatic rings. The molecular weight excluding hydrogens is 2350 g/mol. The second-order valence-electron chi connectivity index (χ2n) is 33.4. The molecule has 0 fully saturated rings. The Kier molecular flexibility index (Phi) is 25.4. The van der Waals surface area contributed by atoms with E-state index in [0.717, 1.165) is 150 Å². The number of rotatable bonds is 18. The minimum Gasteiger partial charge on any atom is -0.501 e. The first-order chi connectivity index (χ1) is 69.6. The summed E-state index contributed by atoms with van der Waals surface area (Å²) in [5, 5.41) is 12.3. The molecule has 27 rings (SSSR count). The Hall–Kier alpha value is -16.9. The molecule has 0 radical (unpaired) electrons. The molecule has 0 atom stereocenters. The summed E-state index contributed by atoms with van der Waals surface area (Å²) in [4.78, 5) is 47.4. The molecule has 15 aromatic heterocycles. The van der Waals surface area contributed by atoms with Gasteiger partial charge in [0.25, 0.3) is 0 Å². The van der Waals surface area contributed by atoms with E-state index in [2.05, 4.69) is 140 Å². The topological polar surface area (TPSA) is 217 Å². The zero-order chi connectivity index (χ0) is 94.0. The van der Waals surface area contributed by atoms with Gasteiger partial charge in [-0.25, -0.2) is 15.0 Å². The van der Waals surface area contributed by atoms with E-state index >= 15 is 0 Å². The van der Waals surface area contributed by atoms with Crippen LogP contribution in [-0.4, -0.2) is 49.4 Å². The first-order valence-corrected chi connectivity index (χ1v) is 46.4. The molecule has 0 amide bonds. The summed E-state index contributed by atoms with van der Waals surface area (Å²) < 4.78 is 54.3. The van der Waals surface area contributed by atoms with Gasteiger partial charge in [0, 0.05) is 90.2 Å². The zero-order valence-corrected chi connectivity index (χ0v) is 84.0. The number of para-hydroxylation sites is 5. The van der Waals surface area contributed by atoms with Crippen molar-refractivity contribution in [1.82, 2.24) is 49.4 Å². The standard InChI is InChI=1S/2C40H24N4O3.C40H24N4O2S.3Pt/c1-25-23-24-30-29-15-8-19-34(39(29)47-40(30)41-25)45-37-22-10-21-36(43-37)44(26-11-3-2-4-12-26)35-20-9-17-32(42-35)31-16-7-14-28-27-13-5-6-18-33(27)46-38(28)31;1-25-23-24-30-29-15-8-19-34(39(29)47-40(30)41-25)45-36-21-10-22-37(43-36)46-35-20-9-17-32(42-35)31-16-7-14-28-27-13-5-6-18-33(27)44(38(28)31)26-11-3-2-4-12-26;1-25-23-24-30-28-14-8-18-33(38(28)46-40(30)41-25)45-37-22-10-21-36(43-37)44(26-11-3-2-4-12-26)35-20-9-17-32(42-35)31-16-7-15-29-27-13-5-6-19-34(27)47-39(29)31;;;/h2*2-15,17-18,20-24H,1H3;2-15,17,19-24H,1H3;;;/q3*-2;3*+2. The maximum absolute atomic E-state index is 6.35. The SMILES string of the molecule is Cc1ccc2c(n1)oc1c(Oc3cccc(N(c4ccccc4)c4cccc(-c5[c-]ccc6c5oc5ccccc56)n4)n3)[c-]ccc12.Cc1ccc2c(n1)oc1c(Oc3cccc(N(c4ccccc4)c4cccc(-c5[c-]ccc6c5sc5ccccc56)n4)n3)[c-]ccc12.Cc1ccc2c(n1)oc1c(Oc3cccc(Oc4cccc(-c5[c-]ccc6c7ccccc7n(-c7ccccc7)c56)n4)n3)[c-]ccc12.[Pt+2].[Pt+2].[Pt+2]. The molecule has 696 valence electrons. The zero-order valence-electron chi connectivity index (χ0n) is 76.4. The molecule has 0 spiro atoms. The van der Waals surface area contributed by atoms with Crippen molar-refractivity contribution in [3.05, 3.63) is 436 Å². The number of hydrogen-bond acceptors (Lipinski definition) is 20. The van der Waals surface area contributed by atoms with E-state index in [9.17, 15) is 0 Å². The Labute approximate surface area is 870 Å². The molecule has 0 bridgehead atoms. The van der Waals surface area contributed by atoms with Gasteiger partial charge in [-0.15, -0.1) is 83.9 Å². The fraction of sp³-hybridized carbons (Fsp3) is 0.0250. The first-order valence-electron chi connectivity index (χ1n) is 45.6. The van der Waals surface area contributed by atoms with E-state index in [1.807, 2.05) is 316 Å². The van der Waals surface area contributed by atoms with E-state index in [1.54, 1.807) is 29.5 Å². The minimum absolute atomic E-state index is 0. The van der Waals surface area contributed by atoms with Gasteiger partial charge in [0.05, 0.1) is 39.6 Å². The maximum Gasteiger partial charge on any atom is 2.00 e. The Morgan fingerprint density at radius 1 is 0.264 bits per heavy atom. The summed E-state index contributed by atoms with van der Waals surface area (Å²) in [7, 11) is 0. The Balaban J connectivity index is 0.000000122. The average Bonchev–Trinajstić information content (AvgIpc) is 1.58. The number of fused-ring (bicyclic) bond motifs is 18. The van der Waals surface area contributed by atoms with E-state index in [-0.39, 0.29) is 63.2 Å². The van der Waals surface area contributed by atoms with Crippen molar-refractivity contribution in [2.75, 3.05) is 9.80 Å². The molecule has 0 aliphatic heterocycles. The molecule has 24 heteroatoms. The van der Waals surface area contributed by atoms with E-state index in [0.29, 0.717) is 98.0 Å². The quantitative estimate of drug-likeness (QED) is 0.0730. The first kappa shape index (κ1) is 92.1. The monoisotopic (exact) mass is 2430 g/mol. The molecule has 0 N–H and O–H groups in total. The molecule has 0 saturated carbocycles. The molecule has 0 aliphatic rings. The van der Waals surface area contributed by atoms with E-state index < -0.39 is 0 Å². The van der Waals surface area contributed by atoms with Crippen LogP contribution >= 0.6 is 11.3 Å². The van der Waals surface area contributed by atoms with Crippen LogP contribution in [0.5, 0.6) is 46.6 Å². The summed E-state index contributed by atoms with van der Waals surface area (Å²) in [6.45, 7) is 5.81. The number of benzene rings is 12. The van der Waals surface area contributed by atoms with Crippen molar-refractivity contribution in [2.24, 2.45) is 0 Å². The summed E-state index contributed by atoms with van der Waals surface area (Å²) in [5.74, 6) is 5.81. The second kappa shape index (κ2) is 39.6. The van der Waals surface area contributed by atoms with Crippen molar-refractivity contribution in [3.8, 4) is 86.1 Å². The second-order valence-corrected chi connectivity index (χ2v) is 34.5. The van der Waals surface area contributed by atoms with Crippen LogP contribution in [0.25, 0.3) is 170 Å². The number of aromatic nitrogens is 10. The largest absolute Gasteiger partial charge is 2.00 e. The Morgan fingerprint density at radius 3 is 1.18 bits per heavy atom. The third-order valence-electron chi connectivity index (χ3n) is 24.4. The molecule has 144 heavy (non-hydrogen) atoms. The Morgan fingerprint density at radius 2 is 0.646 bits per heavy atom. The number of ether oxygens (including phenoxy) is 4. The molecular formula is C120H72N12O8Pt3S. The van der Waals surface area contributed by atoms with Crippen molar-refractivity contribution >= 4 is 176 Å². The van der Waals surface area contributed by atoms with Crippen LogP contribution in [-0.2, 0) is 63.2 Å². The molecule has 0 saturated heterocycles. The van der Waals surface area contributed by atoms with Crippen molar-refractivity contribution in [2.45, 2.75) is 20.8 Å². The predicted octanol–water partition coefficient (Wildman–Crippen LogP) is 31.5. The number of hydrogen-bond donors (Lipinski definition) is 0. The van der Waals surface area contributed by atoms with Gasteiger partial charge >= 0.3 is 63.2 Å². The maximum atomic E-state index is 6.35. The molecule has 12 aromatic carbocycles. The fourth-order valence-electron chi connectivity index (χ4n) is 18.1. The number of anilines is 6. The number of furan rings is 4. The van der Waals surface area contributed by atoms with E-state index in [4.69, 9.17) is 61.5 Å². The van der Waals surface area contributed by atoms with Gasteiger partial charge in [-0.05, 0) is 180 Å². The van der Waals surface area contributed by atoms with Gasteiger partial charge < -0.3 is 41.2 Å². The van der Waals surface area contributed by atoms with Gasteiger partial charge in [-0.2, -0.15) is 62.7 Å². The minimum atomic E-state index is 0. The van der Waals surface area contributed by atoms with Crippen LogP contribution in [0.1, 0.15) is 17.1 Å². The van der Waals surface area contributed by atoms with Crippen molar-refractivity contribution < 1.29 is 99.8 Å². The van der Waals surface area contributed by atoms with Gasteiger partial charge in [-0.1, -0.05) is 202 Å². The number of aryl methyl sites for hydroxylation is 3. The van der Waals surface area contributed by atoms with Gasteiger partial charge in [0.1, 0.15) is 28.9 Å².